The van der Waals surface area contributed by atoms with E-state index in [1.165, 1.54) is 0 Å². The molecule has 1 aliphatic carbocycles. The molecule has 0 unspecified atom stereocenters. The van der Waals surface area contributed by atoms with E-state index in [1.807, 2.05) is 12.1 Å². The largest absolute Gasteiger partial charge is 0.351 e. The van der Waals surface area contributed by atoms with Crippen molar-refractivity contribution in [1.29, 1.82) is 0 Å². The van der Waals surface area contributed by atoms with Gasteiger partial charge < -0.3 is 10.6 Å². The second-order valence-electron chi connectivity index (χ2n) is 4.36. The summed E-state index contributed by atoms with van der Waals surface area (Å²) in [5, 5.41) is 5.59. The summed E-state index contributed by atoms with van der Waals surface area (Å²) in [4.78, 5) is 22.9. The van der Waals surface area contributed by atoms with E-state index in [4.69, 9.17) is 11.6 Å². The van der Waals surface area contributed by atoms with E-state index in [9.17, 15) is 9.59 Å². The van der Waals surface area contributed by atoms with Crippen molar-refractivity contribution in [3.63, 3.8) is 0 Å². The molecule has 0 aromatic heterocycles. The van der Waals surface area contributed by atoms with Crippen molar-refractivity contribution in [2.45, 2.75) is 25.4 Å². The van der Waals surface area contributed by atoms with Crippen molar-refractivity contribution in [1.82, 2.24) is 10.6 Å². The van der Waals surface area contributed by atoms with E-state index >= 15 is 0 Å². The molecule has 2 amide bonds. The average molecular weight is 267 g/mol. The average Bonchev–Trinajstić information content (AvgIpc) is 3.20. The SMILES string of the molecule is O=C(CCl)NCc1cccc(C(=O)NC2CC2)c1. The van der Waals surface area contributed by atoms with Crippen molar-refractivity contribution >= 4 is 23.4 Å². The van der Waals surface area contributed by atoms with E-state index in [0.717, 1.165) is 18.4 Å². The molecule has 0 heterocycles. The van der Waals surface area contributed by atoms with Gasteiger partial charge in [-0.25, -0.2) is 0 Å². The van der Waals surface area contributed by atoms with Gasteiger partial charge in [-0.3, -0.25) is 9.59 Å². The summed E-state index contributed by atoms with van der Waals surface area (Å²) < 4.78 is 0. The number of hydrogen-bond donors (Lipinski definition) is 2. The fourth-order valence-electron chi connectivity index (χ4n) is 1.57. The van der Waals surface area contributed by atoms with Gasteiger partial charge in [0.25, 0.3) is 5.91 Å². The number of benzene rings is 1. The molecule has 2 N–H and O–H groups in total. The van der Waals surface area contributed by atoms with Crippen LogP contribution in [-0.2, 0) is 11.3 Å². The Morgan fingerprint density at radius 2 is 2.11 bits per heavy atom. The standard InChI is InChI=1S/C13H15ClN2O2/c14-7-12(17)15-8-9-2-1-3-10(6-9)13(18)16-11-4-5-11/h1-3,6,11H,4-5,7-8H2,(H,15,17)(H,16,18). The third-order valence-electron chi connectivity index (χ3n) is 2.71. The minimum absolute atomic E-state index is 0.0528. The number of carbonyl (C=O) groups is 2. The van der Waals surface area contributed by atoms with Gasteiger partial charge in [0.05, 0.1) is 0 Å². The van der Waals surface area contributed by atoms with Crippen molar-refractivity contribution in [2.24, 2.45) is 0 Å². The summed E-state index contributed by atoms with van der Waals surface area (Å²) in [7, 11) is 0. The quantitative estimate of drug-likeness (QED) is 0.792. The highest BCUT2D eigenvalue weighted by Gasteiger charge is 2.23. The van der Waals surface area contributed by atoms with Crippen LogP contribution < -0.4 is 10.6 Å². The fourth-order valence-corrected chi connectivity index (χ4v) is 1.66. The Labute approximate surface area is 111 Å². The summed E-state index contributed by atoms with van der Waals surface area (Å²) in [6.45, 7) is 0.385. The molecule has 5 heteroatoms. The Hall–Kier alpha value is -1.55. The monoisotopic (exact) mass is 266 g/mol. The minimum Gasteiger partial charge on any atom is -0.351 e. The zero-order chi connectivity index (χ0) is 13.0. The molecule has 0 atom stereocenters. The molecule has 1 saturated carbocycles. The van der Waals surface area contributed by atoms with Crippen LogP contribution in [0, 0.1) is 0 Å². The Bertz CT molecular complexity index is 458. The number of nitrogens with one attached hydrogen (secondary N) is 2. The van der Waals surface area contributed by atoms with Gasteiger partial charge in [-0.1, -0.05) is 12.1 Å². The summed E-state index contributed by atoms with van der Waals surface area (Å²) >= 11 is 5.39. The van der Waals surface area contributed by atoms with Gasteiger partial charge in [-0.15, -0.1) is 11.6 Å². The molecule has 18 heavy (non-hydrogen) atoms. The molecule has 1 aliphatic rings. The molecule has 2 rings (SSSR count). The van der Waals surface area contributed by atoms with E-state index in [0.29, 0.717) is 18.2 Å². The van der Waals surface area contributed by atoms with Crippen LogP contribution in [0.5, 0.6) is 0 Å². The zero-order valence-corrected chi connectivity index (χ0v) is 10.7. The number of halogens is 1. The number of alkyl halides is 1. The van der Waals surface area contributed by atoms with E-state index in [2.05, 4.69) is 10.6 Å². The van der Waals surface area contributed by atoms with Gasteiger partial charge in [0, 0.05) is 18.2 Å². The van der Waals surface area contributed by atoms with E-state index in [-0.39, 0.29) is 17.7 Å². The lowest BCUT2D eigenvalue weighted by Gasteiger charge is -2.07. The third kappa shape index (κ3) is 3.74. The van der Waals surface area contributed by atoms with Gasteiger partial charge >= 0.3 is 0 Å². The molecule has 0 spiro atoms. The first-order chi connectivity index (χ1) is 8.69. The van der Waals surface area contributed by atoms with Crippen LogP contribution in [0.15, 0.2) is 24.3 Å². The Morgan fingerprint density at radius 3 is 2.78 bits per heavy atom. The first kappa shape index (κ1) is 12.9. The van der Waals surface area contributed by atoms with Crippen molar-refractivity contribution in [2.75, 3.05) is 5.88 Å². The molecule has 96 valence electrons. The van der Waals surface area contributed by atoms with Gasteiger partial charge in [0.15, 0.2) is 0 Å². The molecule has 0 saturated heterocycles. The second kappa shape index (κ2) is 5.87. The van der Waals surface area contributed by atoms with Crippen LogP contribution >= 0.6 is 11.6 Å². The van der Waals surface area contributed by atoms with Gasteiger partial charge in [-0.05, 0) is 30.5 Å². The predicted octanol–water partition coefficient (Wildman–Crippen LogP) is 1.43. The molecule has 1 aromatic carbocycles. The second-order valence-corrected chi connectivity index (χ2v) is 4.63. The van der Waals surface area contributed by atoms with Crippen LogP contribution in [0.25, 0.3) is 0 Å². The number of hydrogen-bond acceptors (Lipinski definition) is 2. The first-order valence-corrected chi connectivity index (χ1v) is 6.45. The highest BCUT2D eigenvalue weighted by Crippen LogP contribution is 2.19. The molecule has 1 fully saturated rings. The maximum absolute atomic E-state index is 11.8. The minimum atomic E-state index is -0.218. The zero-order valence-electron chi connectivity index (χ0n) is 9.91. The van der Waals surface area contributed by atoms with Gasteiger partial charge in [0.1, 0.15) is 5.88 Å². The predicted molar refractivity (Wildman–Crippen MR) is 69.5 cm³/mol. The molecule has 1 aromatic rings. The summed E-state index contributed by atoms with van der Waals surface area (Å²) in [6.07, 6.45) is 2.13. The maximum atomic E-state index is 11.8. The van der Waals surface area contributed by atoms with E-state index in [1.54, 1.807) is 12.1 Å². The molecule has 0 aliphatic heterocycles. The molecular weight excluding hydrogens is 252 g/mol. The van der Waals surface area contributed by atoms with Crippen LogP contribution in [0.4, 0.5) is 0 Å². The molecule has 0 bridgehead atoms. The van der Waals surface area contributed by atoms with Crippen LogP contribution in [0.3, 0.4) is 0 Å². The third-order valence-corrected chi connectivity index (χ3v) is 2.96. The number of carbonyl (C=O) groups excluding carboxylic acids is 2. The lowest BCUT2D eigenvalue weighted by molar-refractivity contribution is -0.118. The summed E-state index contributed by atoms with van der Waals surface area (Å²) in [5.74, 6) is -0.325. The van der Waals surface area contributed by atoms with Gasteiger partial charge in [-0.2, -0.15) is 0 Å². The Morgan fingerprint density at radius 1 is 1.33 bits per heavy atom. The normalized spacial score (nSPS) is 14.1. The van der Waals surface area contributed by atoms with Gasteiger partial charge in [0.2, 0.25) is 5.91 Å². The highest BCUT2D eigenvalue weighted by atomic mass is 35.5. The summed E-state index contributed by atoms with van der Waals surface area (Å²) in [5.41, 5.74) is 1.51. The number of rotatable bonds is 5. The molecule has 4 nitrogen and oxygen atoms in total. The Balaban J connectivity index is 1.95. The smallest absolute Gasteiger partial charge is 0.251 e. The van der Waals surface area contributed by atoms with Crippen LogP contribution in [-0.4, -0.2) is 23.7 Å². The summed E-state index contributed by atoms with van der Waals surface area (Å²) in [6, 6.07) is 7.57. The van der Waals surface area contributed by atoms with Crippen molar-refractivity contribution in [3.05, 3.63) is 35.4 Å². The fraction of sp³-hybridized carbons (Fsp3) is 0.385. The maximum Gasteiger partial charge on any atom is 0.251 e. The Kier molecular flexibility index (Phi) is 4.20. The lowest BCUT2D eigenvalue weighted by Crippen LogP contribution is -2.26. The topological polar surface area (TPSA) is 58.2 Å². The van der Waals surface area contributed by atoms with Crippen molar-refractivity contribution in [3.8, 4) is 0 Å². The van der Waals surface area contributed by atoms with E-state index < -0.39 is 0 Å². The number of amides is 2. The molecular formula is C13H15ClN2O2. The lowest BCUT2D eigenvalue weighted by atomic mass is 10.1. The van der Waals surface area contributed by atoms with Crippen molar-refractivity contribution < 1.29 is 9.59 Å². The molecule has 0 radical (unpaired) electrons. The van der Waals surface area contributed by atoms with Crippen LogP contribution in [0.2, 0.25) is 0 Å². The first-order valence-electron chi connectivity index (χ1n) is 5.91. The highest BCUT2D eigenvalue weighted by molar-refractivity contribution is 6.27. The van der Waals surface area contributed by atoms with Crippen LogP contribution in [0.1, 0.15) is 28.8 Å².